The van der Waals surface area contributed by atoms with E-state index >= 15 is 0 Å². The summed E-state index contributed by atoms with van der Waals surface area (Å²) >= 11 is 6.38. The number of hydrogen-bond acceptors (Lipinski definition) is 2. The third-order valence-electron chi connectivity index (χ3n) is 4.12. The van der Waals surface area contributed by atoms with Gasteiger partial charge in [-0.1, -0.05) is 37.6 Å². The zero-order valence-corrected chi connectivity index (χ0v) is 13.0. The zero-order valence-electron chi connectivity index (χ0n) is 12.2. The fourth-order valence-electron chi connectivity index (χ4n) is 2.97. The molecule has 0 amide bonds. The van der Waals surface area contributed by atoms with Crippen molar-refractivity contribution in [2.24, 2.45) is 0 Å². The highest BCUT2D eigenvalue weighted by molar-refractivity contribution is 6.30. The highest BCUT2D eigenvalue weighted by Crippen LogP contribution is 2.32. The summed E-state index contributed by atoms with van der Waals surface area (Å²) in [6, 6.07) is 8.64. The molecule has 1 aliphatic heterocycles. The van der Waals surface area contributed by atoms with Crippen molar-refractivity contribution in [1.29, 1.82) is 0 Å². The van der Waals surface area contributed by atoms with Crippen molar-refractivity contribution in [1.82, 2.24) is 4.98 Å². The Balaban J connectivity index is 2.11. The number of halogens is 1. The number of aromatic nitrogens is 1. The number of rotatable bonds is 2. The van der Waals surface area contributed by atoms with Crippen molar-refractivity contribution in [3.8, 4) is 0 Å². The van der Waals surface area contributed by atoms with E-state index < -0.39 is 0 Å². The molecule has 0 N–H and O–H groups in total. The third-order valence-corrected chi connectivity index (χ3v) is 4.43. The van der Waals surface area contributed by atoms with E-state index in [4.69, 9.17) is 16.6 Å². The van der Waals surface area contributed by atoms with E-state index in [1.165, 1.54) is 30.3 Å². The molecule has 20 heavy (non-hydrogen) atoms. The molecular formula is C17H21ClN2. The lowest BCUT2D eigenvalue weighted by Crippen LogP contribution is -2.29. The molecule has 2 aromatic rings. The Kier molecular flexibility index (Phi) is 3.84. The van der Waals surface area contributed by atoms with Gasteiger partial charge in [0.05, 0.1) is 11.2 Å². The van der Waals surface area contributed by atoms with Crippen molar-refractivity contribution in [3.63, 3.8) is 0 Å². The number of piperidine rings is 1. The van der Waals surface area contributed by atoms with Crippen LogP contribution in [0.2, 0.25) is 5.15 Å². The van der Waals surface area contributed by atoms with Crippen LogP contribution in [-0.2, 0) is 0 Å². The number of nitrogens with zero attached hydrogens (tertiary/aromatic N) is 2. The average molecular weight is 289 g/mol. The van der Waals surface area contributed by atoms with Crippen LogP contribution in [0, 0.1) is 0 Å². The summed E-state index contributed by atoms with van der Waals surface area (Å²) in [5, 5.41) is 1.85. The molecule has 1 aromatic carbocycles. The Morgan fingerprint density at radius 3 is 2.60 bits per heavy atom. The van der Waals surface area contributed by atoms with Crippen molar-refractivity contribution in [2.75, 3.05) is 18.0 Å². The quantitative estimate of drug-likeness (QED) is 0.723. The van der Waals surface area contributed by atoms with Gasteiger partial charge in [0, 0.05) is 18.5 Å². The van der Waals surface area contributed by atoms with Gasteiger partial charge < -0.3 is 4.90 Å². The van der Waals surface area contributed by atoms with Gasteiger partial charge in [-0.15, -0.1) is 0 Å². The molecule has 3 rings (SSSR count). The summed E-state index contributed by atoms with van der Waals surface area (Å²) in [6.45, 7) is 6.57. The van der Waals surface area contributed by atoms with E-state index in [9.17, 15) is 0 Å². The fourth-order valence-corrected chi connectivity index (χ4v) is 3.33. The second kappa shape index (κ2) is 5.61. The van der Waals surface area contributed by atoms with E-state index in [1.54, 1.807) is 0 Å². The topological polar surface area (TPSA) is 16.1 Å². The first-order chi connectivity index (χ1) is 9.66. The number of anilines is 1. The molecule has 0 aliphatic carbocycles. The van der Waals surface area contributed by atoms with E-state index in [0.29, 0.717) is 11.1 Å². The molecule has 2 heterocycles. The van der Waals surface area contributed by atoms with E-state index in [-0.39, 0.29) is 0 Å². The SMILES string of the molecule is CC(C)c1cc2cccc(N3CCCCC3)c2nc1Cl. The molecule has 0 spiro atoms. The van der Waals surface area contributed by atoms with Gasteiger partial charge in [-0.25, -0.2) is 4.98 Å². The Morgan fingerprint density at radius 1 is 1.15 bits per heavy atom. The second-order valence-corrected chi connectivity index (χ2v) is 6.28. The summed E-state index contributed by atoms with van der Waals surface area (Å²) in [4.78, 5) is 7.14. The van der Waals surface area contributed by atoms with Crippen LogP contribution >= 0.6 is 11.6 Å². The summed E-state index contributed by atoms with van der Waals surface area (Å²) in [6.07, 6.45) is 3.88. The summed E-state index contributed by atoms with van der Waals surface area (Å²) in [5.74, 6) is 0.401. The van der Waals surface area contributed by atoms with Crippen molar-refractivity contribution in [3.05, 3.63) is 35.0 Å². The van der Waals surface area contributed by atoms with E-state index in [2.05, 4.69) is 43.0 Å². The van der Waals surface area contributed by atoms with Crippen LogP contribution in [0.3, 0.4) is 0 Å². The zero-order chi connectivity index (χ0) is 14.1. The highest BCUT2D eigenvalue weighted by atomic mass is 35.5. The Morgan fingerprint density at radius 2 is 1.90 bits per heavy atom. The monoisotopic (exact) mass is 288 g/mol. The van der Waals surface area contributed by atoms with Crippen LogP contribution in [-0.4, -0.2) is 18.1 Å². The number of fused-ring (bicyclic) bond motifs is 1. The lowest BCUT2D eigenvalue weighted by atomic mass is 10.0. The molecule has 0 unspecified atom stereocenters. The smallest absolute Gasteiger partial charge is 0.133 e. The minimum Gasteiger partial charge on any atom is -0.370 e. The summed E-state index contributed by atoms with van der Waals surface area (Å²) < 4.78 is 0. The predicted molar refractivity (Wildman–Crippen MR) is 86.9 cm³/mol. The van der Waals surface area contributed by atoms with E-state index in [0.717, 1.165) is 24.2 Å². The molecule has 2 nitrogen and oxygen atoms in total. The molecule has 0 bridgehead atoms. The van der Waals surface area contributed by atoms with Gasteiger partial charge in [0.25, 0.3) is 0 Å². The summed E-state index contributed by atoms with van der Waals surface area (Å²) in [5.41, 5.74) is 3.41. The van der Waals surface area contributed by atoms with Gasteiger partial charge in [0.2, 0.25) is 0 Å². The molecule has 3 heteroatoms. The van der Waals surface area contributed by atoms with Crippen LogP contribution in [0.25, 0.3) is 10.9 Å². The molecular weight excluding hydrogens is 268 g/mol. The lowest BCUT2D eigenvalue weighted by molar-refractivity contribution is 0.579. The van der Waals surface area contributed by atoms with Crippen LogP contribution in [0.4, 0.5) is 5.69 Å². The maximum Gasteiger partial charge on any atom is 0.133 e. The summed E-state index contributed by atoms with van der Waals surface area (Å²) in [7, 11) is 0. The predicted octanol–water partition coefficient (Wildman–Crippen LogP) is 5.00. The number of para-hydroxylation sites is 1. The van der Waals surface area contributed by atoms with Gasteiger partial charge >= 0.3 is 0 Å². The van der Waals surface area contributed by atoms with Gasteiger partial charge in [-0.3, -0.25) is 0 Å². The van der Waals surface area contributed by atoms with Gasteiger partial charge in [0.1, 0.15) is 5.15 Å². The highest BCUT2D eigenvalue weighted by Gasteiger charge is 2.16. The lowest BCUT2D eigenvalue weighted by Gasteiger charge is -2.29. The van der Waals surface area contributed by atoms with Crippen LogP contribution in [0.15, 0.2) is 24.3 Å². The minimum atomic E-state index is 0.401. The minimum absolute atomic E-state index is 0.401. The number of benzene rings is 1. The maximum absolute atomic E-state index is 6.38. The van der Waals surface area contributed by atoms with Crippen molar-refractivity contribution < 1.29 is 0 Å². The molecule has 0 saturated carbocycles. The maximum atomic E-state index is 6.38. The van der Waals surface area contributed by atoms with Crippen molar-refractivity contribution >= 4 is 28.2 Å². The Hall–Kier alpha value is -1.28. The fraction of sp³-hybridized carbons (Fsp3) is 0.471. The average Bonchev–Trinajstić information content (AvgIpc) is 2.46. The molecule has 1 fully saturated rings. The molecule has 1 aromatic heterocycles. The number of pyridine rings is 1. The van der Waals surface area contributed by atoms with Gasteiger partial charge in [0.15, 0.2) is 0 Å². The van der Waals surface area contributed by atoms with Crippen LogP contribution in [0.5, 0.6) is 0 Å². The molecule has 1 saturated heterocycles. The Bertz CT molecular complexity index is 616. The molecule has 1 aliphatic rings. The van der Waals surface area contributed by atoms with Crippen molar-refractivity contribution in [2.45, 2.75) is 39.0 Å². The van der Waals surface area contributed by atoms with Crippen LogP contribution < -0.4 is 4.90 Å². The third kappa shape index (κ3) is 2.49. The molecule has 0 radical (unpaired) electrons. The van der Waals surface area contributed by atoms with Crippen LogP contribution in [0.1, 0.15) is 44.6 Å². The van der Waals surface area contributed by atoms with Gasteiger partial charge in [-0.05, 0) is 42.9 Å². The first kappa shape index (κ1) is 13.7. The standard InChI is InChI=1S/C17H21ClN2/c1-12(2)14-11-13-7-6-8-15(16(13)19-17(14)18)20-9-4-3-5-10-20/h6-8,11-12H,3-5,9-10H2,1-2H3. The molecule has 106 valence electrons. The Labute approximate surface area is 125 Å². The second-order valence-electron chi connectivity index (χ2n) is 5.92. The van der Waals surface area contributed by atoms with Gasteiger partial charge in [-0.2, -0.15) is 0 Å². The normalized spacial score (nSPS) is 16.1. The first-order valence-corrected chi connectivity index (χ1v) is 7.88. The first-order valence-electron chi connectivity index (χ1n) is 7.51. The largest absolute Gasteiger partial charge is 0.370 e. The number of hydrogen-bond donors (Lipinski definition) is 0. The molecule has 0 atom stereocenters. The van der Waals surface area contributed by atoms with E-state index in [1.807, 2.05) is 0 Å².